The van der Waals surface area contributed by atoms with Gasteiger partial charge in [-0.25, -0.2) is 8.42 Å². The Hall–Kier alpha value is -4.44. The highest BCUT2D eigenvalue weighted by Crippen LogP contribution is 2.32. The molecule has 6 nitrogen and oxygen atoms in total. The maximum Gasteiger partial charge on any atom is 0.416 e. The third-order valence-electron chi connectivity index (χ3n) is 5.47. The number of alkyl halides is 3. The number of benzene rings is 3. The van der Waals surface area contributed by atoms with Gasteiger partial charge in [-0.05, 0) is 53.1 Å². The predicted octanol–water partition coefficient (Wildman–Crippen LogP) is 6.25. The van der Waals surface area contributed by atoms with Crippen LogP contribution in [0.25, 0.3) is 16.3 Å². The highest BCUT2D eigenvalue weighted by Gasteiger charge is 2.30. The van der Waals surface area contributed by atoms with E-state index in [-0.39, 0.29) is 0 Å². The Bertz CT molecular complexity index is 1620. The minimum Gasteiger partial charge on any atom is -0.322 e. The molecule has 0 atom stereocenters. The van der Waals surface area contributed by atoms with E-state index in [9.17, 15) is 26.4 Å². The Morgan fingerprint density at radius 2 is 1.58 bits per heavy atom. The van der Waals surface area contributed by atoms with Gasteiger partial charge in [-0.3, -0.25) is 14.5 Å². The molecule has 1 heterocycles. The molecule has 0 aliphatic rings. The molecule has 1 amide bonds. The number of hydrogen-bond donors (Lipinski definition) is 2. The maximum atomic E-state index is 13.1. The number of halogens is 3. The second-order valence-electron chi connectivity index (χ2n) is 8.36. The van der Waals surface area contributed by atoms with Gasteiger partial charge in [0.25, 0.3) is 0 Å². The van der Waals surface area contributed by atoms with E-state index in [0.29, 0.717) is 28.1 Å². The first kappa shape index (κ1) is 26.6. The lowest BCUT2D eigenvalue weighted by molar-refractivity contribution is -0.137. The number of nitrogens with one attached hydrogen (secondary N) is 2. The largest absolute Gasteiger partial charge is 0.416 e. The summed E-state index contributed by atoms with van der Waals surface area (Å²) in [7, 11) is -3.47. The number of hydrogen-bond acceptors (Lipinski definition) is 4. The maximum absolute atomic E-state index is 13.1. The quantitative estimate of drug-likeness (QED) is 0.215. The van der Waals surface area contributed by atoms with Crippen LogP contribution in [0.4, 0.5) is 24.5 Å². The minimum absolute atomic E-state index is 0.336. The second kappa shape index (κ2) is 10.9. The van der Waals surface area contributed by atoms with Gasteiger partial charge < -0.3 is 5.32 Å². The van der Waals surface area contributed by atoms with Crippen LogP contribution in [0.1, 0.15) is 16.7 Å². The van der Waals surface area contributed by atoms with Crippen LogP contribution in [0.3, 0.4) is 0 Å². The predicted molar refractivity (Wildman–Crippen MR) is 143 cm³/mol. The van der Waals surface area contributed by atoms with Crippen LogP contribution < -0.4 is 10.0 Å². The molecule has 0 unspecified atom stereocenters. The van der Waals surface area contributed by atoms with Crippen molar-refractivity contribution in [3.05, 3.63) is 120 Å². The summed E-state index contributed by atoms with van der Waals surface area (Å²) in [5, 5.41) is 4.51. The van der Waals surface area contributed by atoms with Gasteiger partial charge in [0, 0.05) is 40.6 Å². The number of pyridine rings is 1. The zero-order chi connectivity index (χ0) is 27.3. The zero-order valence-electron chi connectivity index (χ0n) is 20.0. The fraction of sp³-hybridized carbons (Fsp3) is 0.0714. The second-order valence-corrected chi connectivity index (χ2v) is 10.1. The lowest BCUT2D eigenvalue weighted by atomic mass is 9.96. The molecule has 0 spiro atoms. The molecule has 4 aromatic rings. The summed E-state index contributed by atoms with van der Waals surface area (Å²) in [4.78, 5) is 16.7. The Kier molecular flexibility index (Phi) is 7.63. The van der Waals surface area contributed by atoms with Gasteiger partial charge >= 0.3 is 6.18 Å². The summed E-state index contributed by atoms with van der Waals surface area (Å²) in [5.74, 6) is -0.398. The van der Waals surface area contributed by atoms with Gasteiger partial charge in [0.2, 0.25) is 15.9 Å². The van der Waals surface area contributed by atoms with Gasteiger partial charge in [-0.1, -0.05) is 48.6 Å². The van der Waals surface area contributed by atoms with Crippen LogP contribution in [0.5, 0.6) is 0 Å². The topological polar surface area (TPSA) is 88.2 Å². The molecule has 10 heteroatoms. The fourth-order valence-electron chi connectivity index (χ4n) is 3.77. The Morgan fingerprint density at radius 1 is 0.921 bits per heavy atom. The van der Waals surface area contributed by atoms with Crippen LogP contribution in [-0.4, -0.2) is 25.6 Å². The number of fused-ring (bicyclic) bond motifs is 1. The molecule has 0 saturated carbocycles. The molecule has 0 saturated heterocycles. The van der Waals surface area contributed by atoms with Crippen molar-refractivity contribution in [2.45, 2.75) is 6.18 Å². The normalized spacial score (nSPS) is 12.6. The third kappa shape index (κ3) is 6.86. The number of aromatic nitrogens is 1. The molecule has 1 aromatic heterocycles. The van der Waals surface area contributed by atoms with E-state index in [1.807, 2.05) is 6.07 Å². The van der Waals surface area contributed by atoms with Crippen LogP contribution in [0.15, 0.2) is 103 Å². The van der Waals surface area contributed by atoms with Crippen molar-refractivity contribution in [2.24, 2.45) is 0 Å². The van der Waals surface area contributed by atoms with Gasteiger partial charge in [0.15, 0.2) is 0 Å². The summed E-state index contributed by atoms with van der Waals surface area (Å²) in [6.07, 6.45) is 4.28. The van der Waals surface area contributed by atoms with Crippen molar-refractivity contribution in [1.82, 2.24) is 4.98 Å². The number of nitrogens with zero attached hydrogens (tertiary/aromatic N) is 1. The molecule has 2 N–H and O–H groups in total. The van der Waals surface area contributed by atoms with E-state index in [2.05, 4.69) is 15.0 Å². The molecule has 0 bridgehead atoms. The molecule has 3 aromatic carbocycles. The van der Waals surface area contributed by atoms with Gasteiger partial charge in [0.1, 0.15) is 0 Å². The smallest absolute Gasteiger partial charge is 0.322 e. The van der Waals surface area contributed by atoms with Crippen molar-refractivity contribution >= 4 is 43.7 Å². The van der Waals surface area contributed by atoms with E-state index in [0.717, 1.165) is 29.2 Å². The van der Waals surface area contributed by atoms with E-state index in [1.54, 1.807) is 60.9 Å². The van der Waals surface area contributed by atoms with Crippen LogP contribution in [-0.2, 0) is 21.0 Å². The number of sulfonamides is 1. The molecule has 0 aliphatic heterocycles. The number of anilines is 2. The number of allylic oxidation sites excluding steroid dienone is 2. The minimum atomic E-state index is -4.48. The number of carbonyl (C=O) groups is 1. The van der Waals surface area contributed by atoms with Crippen molar-refractivity contribution in [2.75, 3.05) is 16.3 Å². The van der Waals surface area contributed by atoms with Crippen LogP contribution >= 0.6 is 0 Å². The molecule has 4 rings (SSSR count). The first-order valence-corrected chi connectivity index (χ1v) is 13.2. The number of amides is 1. The Balaban J connectivity index is 1.63. The summed E-state index contributed by atoms with van der Waals surface area (Å²) >= 11 is 0. The van der Waals surface area contributed by atoms with Gasteiger partial charge in [-0.15, -0.1) is 0 Å². The van der Waals surface area contributed by atoms with Crippen molar-refractivity contribution in [3.63, 3.8) is 0 Å². The lowest BCUT2D eigenvalue weighted by Gasteiger charge is -2.12. The molecule has 0 radical (unpaired) electrons. The summed E-state index contributed by atoms with van der Waals surface area (Å²) in [6, 6.07) is 18.2. The van der Waals surface area contributed by atoms with E-state index in [4.69, 9.17) is 0 Å². The molecule has 194 valence electrons. The first-order chi connectivity index (χ1) is 18.0. The fourth-order valence-corrected chi connectivity index (χ4v) is 4.33. The first-order valence-electron chi connectivity index (χ1n) is 11.3. The van der Waals surface area contributed by atoms with E-state index < -0.39 is 27.7 Å². The third-order valence-corrected chi connectivity index (χ3v) is 6.08. The van der Waals surface area contributed by atoms with Crippen LogP contribution in [0, 0.1) is 0 Å². The summed E-state index contributed by atoms with van der Waals surface area (Å²) in [6.45, 7) is 0. The summed E-state index contributed by atoms with van der Waals surface area (Å²) in [5.41, 5.74) is 1.78. The monoisotopic (exact) mass is 537 g/mol. The number of rotatable bonds is 7. The van der Waals surface area contributed by atoms with Crippen molar-refractivity contribution in [3.8, 4) is 0 Å². The number of carbonyl (C=O) groups excluding carboxylic acids is 1. The molecule has 0 fully saturated rings. The molecular weight excluding hydrogens is 515 g/mol. The average molecular weight is 538 g/mol. The Labute approximate surface area is 217 Å². The highest BCUT2D eigenvalue weighted by atomic mass is 32.2. The molecule has 0 aliphatic carbocycles. The summed E-state index contributed by atoms with van der Waals surface area (Å²) < 4.78 is 64.5. The van der Waals surface area contributed by atoms with E-state index in [1.165, 1.54) is 24.3 Å². The standard InChI is InChI=1S/C28H22F3N3O3S/c1-38(36,37)34-23-14-10-20(11-15-23)24(19-8-12-22(13-9-19)28(29,30)31)5-3-7-27(35)33-26-6-2-4-21-18-32-17-16-25(21)26/h2-18,34H,1H3,(H,33,35). The highest BCUT2D eigenvalue weighted by molar-refractivity contribution is 7.92. The molecular formula is C28H22F3N3O3S. The Morgan fingerprint density at radius 3 is 2.21 bits per heavy atom. The van der Waals surface area contributed by atoms with E-state index >= 15 is 0 Å². The molecule has 38 heavy (non-hydrogen) atoms. The van der Waals surface area contributed by atoms with Gasteiger partial charge in [0.05, 0.1) is 11.8 Å². The lowest BCUT2D eigenvalue weighted by Crippen LogP contribution is -2.09. The zero-order valence-corrected chi connectivity index (χ0v) is 20.8. The van der Waals surface area contributed by atoms with Crippen molar-refractivity contribution < 1.29 is 26.4 Å². The average Bonchev–Trinajstić information content (AvgIpc) is 2.86. The van der Waals surface area contributed by atoms with Crippen LogP contribution in [0.2, 0.25) is 0 Å². The SMILES string of the molecule is CS(=O)(=O)Nc1ccc(C(=CC=CC(=O)Nc2cccc3cnccc23)c2ccc(C(F)(F)F)cc2)cc1. The van der Waals surface area contributed by atoms with Gasteiger partial charge in [-0.2, -0.15) is 13.2 Å². The van der Waals surface area contributed by atoms with Crippen molar-refractivity contribution in [1.29, 1.82) is 0 Å².